The zero-order valence-corrected chi connectivity index (χ0v) is 24.6. The first-order valence-electron chi connectivity index (χ1n) is 14.1. The first-order chi connectivity index (χ1) is 19.2. The van der Waals surface area contributed by atoms with Gasteiger partial charge >= 0.3 is 0 Å². The number of benzene rings is 2. The number of aryl methyl sites for hydroxylation is 1. The van der Waals surface area contributed by atoms with E-state index in [0.29, 0.717) is 69.4 Å². The number of morpholine rings is 1. The summed E-state index contributed by atoms with van der Waals surface area (Å²) in [5.74, 6) is -0.493. The summed E-state index contributed by atoms with van der Waals surface area (Å²) in [6.07, 6.45) is 5.30. The van der Waals surface area contributed by atoms with Crippen molar-refractivity contribution in [2.45, 2.75) is 55.2 Å². The van der Waals surface area contributed by atoms with Gasteiger partial charge in [0, 0.05) is 50.6 Å². The van der Waals surface area contributed by atoms with Gasteiger partial charge in [-0.1, -0.05) is 18.9 Å². The van der Waals surface area contributed by atoms with Gasteiger partial charge in [-0.05, 0) is 68.5 Å². The summed E-state index contributed by atoms with van der Waals surface area (Å²) in [5.41, 5.74) is 1.92. The molecule has 0 radical (unpaired) electrons. The molecule has 2 aromatic carbocycles. The molecule has 1 N–H and O–H groups in total. The number of sulfonamides is 2. The monoisotopic (exact) mass is 590 g/mol. The molecule has 2 aromatic rings. The van der Waals surface area contributed by atoms with Gasteiger partial charge in [-0.2, -0.15) is 8.61 Å². The van der Waals surface area contributed by atoms with Crippen molar-refractivity contribution in [2.24, 2.45) is 0 Å². The number of hydrogen-bond acceptors (Lipinski definition) is 7. The second-order valence-electron chi connectivity index (χ2n) is 10.6. The lowest BCUT2D eigenvalue weighted by Crippen LogP contribution is -2.38. The van der Waals surface area contributed by atoms with Gasteiger partial charge in [0.2, 0.25) is 20.0 Å². The molecule has 3 saturated heterocycles. The fourth-order valence-corrected chi connectivity index (χ4v) is 8.62. The van der Waals surface area contributed by atoms with Crippen LogP contribution in [-0.2, 0) is 24.8 Å². The average molecular weight is 591 g/mol. The highest BCUT2D eigenvalue weighted by atomic mass is 32.2. The van der Waals surface area contributed by atoms with Gasteiger partial charge in [0.25, 0.3) is 5.91 Å². The fraction of sp³-hybridized carbons (Fsp3) is 0.536. The number of nitrogens with zero attached hydrogens (tertiary/aromatic N) is 3. The Morgan fingerprint density at radius 1 is 0.725 bits per heavy atom. The molecule has 0 aromatic heterocycles. The number of amides is 1. The summed E-state index contributed by atoms with van der Waals surface area (Å²) >= 11 is 0. The van der Waals surface area contributed by atoms with Crippen molar-refractivity contribution in [3.05, 3.63) is 47.5 Å². The minimum absolute atomic E-state index is 0.0784. The third-order valence-electron chi connectivity index (χ3n) is 7.93. The molecule has 0 unspecified atom stereocenters. The predicted molar refractivity (Wildman–Crippen MR) is 154 cm³/mol. The van der Waals surface area contributed by atoms with E-state index in [2.05, 4.69) is 5.32 Å². The van der Waals surface area contributed by atoms with E-state index in [1.807, 2.05) is 4.90 Å². The summed E-state index contributed by atoms with van der Waals surface area (Å²) < 4.78 is 62.0. The van der Waals surface area contributed by atoms with Gasteiger partial charge < -0.3 is 15.0 Å². The van der Waals surface area contributed by atoms with Crippen LogP contribution in [-0.4, -0.2) is 83.8 Å². The summed E-state index contributed by atoms with van der Waals surface area (Å²) in [6, 6.07) is 9.48. The maximum atomic E-state index is 13.8. The fourth-order valence-electron chi connectivity index (χ4n) is 5.53. The minimum atomic E-state index is -3.76. The molecule has 3 heterocycles. The van der Waals surface area contributed by atoms with Crippen LogP contribution in [0, 0.1) is 6.92 Å². The maximum Gasteiger partial charge on any atom is 0.257 e. The molecule has 10 nitrogen and oxygen atoms in total. The molecule has 1 amide bonds. The van der Waals surface area contributed by atoms with Crippen LogP contribution in [0.2, 0.25) is 0 Å². The molecule has 0 bridgehead atoms. The SMILES string of the molecule is Cc1ccc(S(=O)(=O)N2CCCCC2)cc1NC(=O)c1cc(S(=O)(=O)N2CCCCC2)ccc1N1CCOCC1. The predicted octanol–water partition coefficient (Wildman–Crippen LogP) is 3.43. The molecule has 40 heavy (non-hydrogen) atoms. The van der Waals surface area contributed by atoms with Crippen LogP contribution in [0.5, 0.6) is 0 Å². The van der Waals surface area contributed by atoms with E-state index in [1.54, 1.807) is 31.2 Å². The molecular formula is C28H38N4O6S2. The van der Waals surface area contributed by atoms with E-state index in [0.717, 1.165) is 38.5 Å². The van der Waals surface area contributed by atoms with Crippen LogP contribution in [0.15, 0.2) is 46.2 Å². The zero-order chi connectivity index (χ0) is 28.3. The molecule has 0 atom stereocenters. The molecule has 3 aliphatic heterocycles. The van der Waals surface area contributed by atoms with Gasteiger partial charge in [0.1, 0.15) is 0 Å². The Morgan fingerprint density at radius 3 is 1.82 bits per heavy atom. The van der Waals surface area contributed by atoms with E-state index < -0.39 is 26.0 Å². The number of rotatable bonds is 7. The normalized spacial score (nSPS) is 19.9. The number of carbonyl (C=O) groups excluding carboxylic acids is 1. The van der Waals surface area contributed by atoms with Gasteiger partial charge in [0.05, 0.1) is 28.6 Å². The highest BCUT2D eigenvalue weighted by molar-refractivity contribution is 7.89. The second-order valence-corrected chi connectivity index (χ2v) is 14.5. The van der Waals surface area contributed by atoms with E-state index in [4.69, 9.17) is 4.74 Å². The Bertz CT molecular complexity index is 1440. The summed E-state index contributed by atoms with van der Waals surface area (Å²) in [7, 11) is -7.45. The van der Waals surface area contributed by atoms with Crippen molar-refractivity contribution in [1.29, 1.82) is 0 Å². The van der Waals surface area contributed by atoms with Gasteiger partial charge in [-0.3, -0.25) is 4.79 Å². The molecule has 5 rings (SSSR count). The Kier molecular flexibility index (Phi) is 8.81. The third-order valence-corrected chi connectivity index (χ3v) is 11.7. The number of anilines is 2. The Hall–Kier alpha value is -2.51. The number of hydrogen-bond donors (Lipinski definition) is 1. The van der Waals surface area contributed by atoms with Crippen LogP contribution in [0.1, 0.15) is 54.4 Å². The minimum Gasteiger partial charge on any atom is -0.378 e. The number of ether oxygens (including phenoxy) is 1. The smallest absolute Gasteiger partial charge is 0.257 e. The lowest BCUT2D eigenvalue weighted by Gasteiger charge is -2.31. The highest BCUT2D eigenvalue weighted by Crippen LogP contribution is 2.30. The first kappa shape index (κ1) is 29.0. The van der Waals surface area contributed by atoms with Crippen molar-refractivity contribution in [1.82, 2.24) is 8.61 Å². The van der Waals surface area contributed by atoms with Crippen molar-refractivity contribution in [3.8, 4) is 0 Å². The largest absolute Gasteiger partial charge is 0.378 e. The Labute approximate surface area is 237 Å². The van der Waals surface area contributed by atoms with Crippen LogP contribution in [0.4, 0.5) is 11.4 Å². The molecule has 3 fully saturated rings. The first-order valence-corrected chi connectivity index (χ1v) is 16.9. The van der Waals surface area contributed by atoms with E-state index in [9.17, 15) is 21.6 Å². The Balaban J connectivity index is 1.48. The van der Waals surface area contributed by atoms with E-state index in [1.165, 1.54) is 20.7 Å². The van der Waals surface area contributed by atoms with Crippen molar-refractivity contribution >= 4 is 37.3 Å². The van der Waals surface area contributed by atoms with Gasteiger partial charge in [-0.15, -0.1) is 0 Å². The molecule has 0 saturated carbocycles. The number of nitrogens with one attached hydrogen (secondary N) is 1. The van der Waals surface area contributed by atoms with E-state index >= 15 is 0 Å². The number of carbonyl (C=O) groups is 1. The van der Waals surface area contributed by atoms with Crippen LogP contribution >= 0.6 is 0 Å². The lowest BCUT2D eigenvalue weighted by atomic mass is 10.1. The van der Waals surface area contributed by atoms with Crippen LogP contribution in [0.3, 0.4) is 0 Å². The van der Waals surface area contributed by atoms with Gasteiger partial charge in [0.15, 0.2) is 0 Å². The molecule has 0 spiro atoms. The third kappa shape index (κ3) is 6.06. The Morgan fingerprint density at radius 2 is 1.25 bits per heavy atom. The second kappa shape index (κ2) is 12.2. The highest BCUT2D eigenvalue weighted by Gasteiger charge is 2.30. The molecule has 3 aliphatic rings. The zero-order valence-electron chi connectivity index (χ0n) is 23.0. The summed E-state index contributed by atoms with van der Waals surface area (Å²) in [6.45, 7) is 5.85. The number of piperidine rings is 2. The summed E-state index contributed by atoms with van der Waals surface area (Å²) in [4.78, 5) is 16.0. The van der Waals surface area contributed by atoms with Crippen molar-refractivity contribution < 1.29 is 26.4 Å². The molecular weight excluding hydrogens is 552 g/mol. The maximum absolute atomic E-state index is 13.8. The van der Waals surface area contributed by atoms with Crippen molar-refractivity contribution in [2.75, 3.05) is 62.7 Å². The molecule has 12 heteroatoms. The van der Waals surface area contributed by atoms with Gasteiger partial charge in [-0.25, -0.2) is 16.8 Å². The van der Waals surface area contributed by atoms with Crippen LogP contribution in [0.25, 0.3) is 0 Å². The lowest BCUT2D eigenvalue weighted by molar-refractivity contribution is 0.102. The quantitative estimate of drug-likeness (QED) is 0.525. The standard InChI is InChI=1S/C28H38N4O6S2/c1-22-8-9-24(40(36,37)32-14-6-3-7-15-32)21-26(22)29-28(33)25-20-23(39(34,35)31-12-4-2-5-13-31)10-11-27(25)30-16-18-38-19-17-30/h8-11,20-21H,2-7,12-19H2,1H3,(H,29,33). The van der Waals surface area contributed by atoms with Crippen molar-refractivity contribution in [3.63, 3.8) is 0 Å². The van der Waals surface area contributed by atoms with E-state index in [-0.39, 0.29) is 15.4 Å². The van der Waals surface area contributed by atoms with Crippen LogP contribution < -0.4 is 10.2 Å². The molecule has 218 valence electrons. The molecule has 0 aliphatic carbocycles. The summed E-state index contributed by atoms with van der Waals surface area (Å²) in [5, 5.41) is 2.89. The topological polar surface area (TPSA) is 116 Å². The average Bonchev–Trinajstić information content (AvgIpc) is 2.99.